The van der Waals surface area contributed by atoms with Crippen LogP contribution in [0, 0.1) is 17.5 Å². The Balaban J connectivity index is 2.21. The van der Waals surface area contributed by atoms with E-state index in [0.29, 0.717) is 0 Å². The molecule has 2 rings (SSSR count). The fraction of sp³-hybridized carbons (Fsp3) is 0.143. The monoisotopic (exact) mass is 280 g/mol. The number of hydrogen-bond donors (Lipinski definition) is 0. The molecule has 0 saturated heterocycles. The highest BCUT2D eigenvalue weighted by molar-refractivity contribution is 5.94. The lowest BCUT2D eigenvalue weighted by Gasteiger charge is -2.17. The number of carbonyl (C=O) groups excluding carboxylic acids is 1. The Morgan fingerprint density at radius 2 is 1.75 bits per heavy atom. The molecule has 0 spiro atoms. The first kappa shape index (κ1) is 14.0. The number of pyridine rings is 1. The quantitative estimate of drug-likeness (QED) is 0.810. The van der Waals surface area contributed by atoms with Gasteiger partial charge >= 0.3 is 0 Å². The predicted molar refractivity (Wildman–Crippen MR) is 66.4 cm³/mol. The van der Waals surface area contributed by atoms with Gasteiger partial charge in [-0.3, -0.25) is 9.78 Å². The molecule has 6 heteroatoms. The van der Waals surface area contributed by atoms with Crippen molar-refractivity contribution in [2.45, 2.75) is 6.54 Å². The Morgan fingerprint density at radius 1 is 1.10 bits per heavy atom. The average Bonchev–Trinajstić information content (AvgIpc) is 2.45. The molecule has 1 heterocycles. The third kappa shape index (κ3) is 2.79. The van der Waals surface area contributed by atoms with E-state index in [0.717, 1.165) is 17.7 Å². The van der Waals surface area contributed by atoms with Gasteiger partial charge in [0.05, 0.1) is 5.56 Å². The number of amides is 1. The zero-order chi connectivity index (χ0) is 14.7. The molecule has 0 atom stereocenters. The Labute approximate surface area is 113 Å². The molecule has 0 aliphatic rings. The summed E-state index contributed by atoms with van der Waals surface area (Å²) in [6.45, 7) is 0.208. The molecule has 1 aromatic heterocycles. The molecule has 0 N–H and O–H groups in total. The van der Waals surface area contributed by atoms with Crippen molar-refractivity contribution < 1.29 is 18.0 Å². The van der Waals surface area contributed by atoms with Gasteiger partial charge in [0.1, 0.15) is 0 Å². The molecule has 0 unspecified atom stereocenters. The maximum Gasteiger partial charge on any atom is 0.256 e. The van der Waals surface area contributed by atoms with Crippen LogP contribution in [0.4, 0.5) is 13.2 Å². The van der Waals surface area contributed by atoms with Gasteiger partial charge in [0, 0.05) is 26.0 Å². The molecule has 0 saturated carbocycles. The number of nitrogens with zero attached hydrogens (tertiary/aromatic N) is 2. The van der Waals surface area contributed by atoms with E-state index in [1.54, 1.807) is 24.5 Å². The minimum Gasteiger partial charge on any atom is -0.337 e. The van der Waals surface area contributed by atoms with Gasteiger partial charge in [-0.15, -0.1) is 0 Å². The van der Waals surface area contributed by atoms with Crippen molar-refractivity contribution in [2.75, 3.05) is 7.05 Å². The van der Waals surface area contributed by atoms with Crippen molar-refractivity contribution in [3.8, 4) is 0 Å². The maximum atomic E-state index is 13.5. The summed E-state index contributed by atoms with van der Waals surface area (Å²) >= 11 is 0. The molecule has 104 valence electrons. The Hall–Kier alpha value is -2.37. The third-order valence-corrected chi connectivity index (χ3v) is 2.78. The summed E-state index contributed by atoms with van der Waals surface area (Å²) in [5, 5.41) is 0. The second-order valence-electron chi connectivity index (χ2n) is 4.24. The first-order valence-corrected chi connectivity index (χ1v) is 5.78. The van der Waals surface area contributed by atoms with Crippen molar-refractivity contribution in [3.63, 3.8) is 0 Å². The minimum atomic E-state index is -1.65. The minimum absolute atomic E-state index is 0.208. The van der Waals surface area contributed by atoms with Crippen LogP contribution < -0.4 is 0 Å². The molecule has 2 aromatic rings. The normalized spacial score (nSPS) is 10.4. The first-order chi connectivity index (χ1) is 9.50. The summed E-state index contributed by atoms with van der Waals surface area (Å²) in [5.74, 6) is -5.17. The summed E-state index contributed by atoms with van der Waals surface area (Å²) in [7, 11) is 1.45. The zero-order valence-corrected chi connectivity index (χ0v) is 10.6. The standard InChI is InChI=1S/C14H11F3N2O/c1-19(8-9-4-6-18-7-5-9)14(20)10-2-3-11(15)13(17)12(10)16/h2-7H,8H2,1H3. The van der Waals surface area contributed by atoms with Gasteiger partial charge in [-0.2, -0.15) is 0 Å². The van der Waals surface area contributed by atoms with E-state index in [1.807, 2.05) is 0 Å². The van der Waals surface area contributed by atoms with Gasteiger partial charge in [-0.05, 0) is 29.8 Å². The molecule has 0 radical (unpaired) electrons. The maximum absolute atomic E-state index is 13.5. The number of rotatable bonds is 3. The van der Waals surface area contributed by atoms with Crippen molar-refractivity contribution in [3.05, 3.63) is 65.2 Å². The van der Waals surface area contributed by atoms with Gasteiger partial charge in [0.25, 0.3) is 5.91 Å². The molecule has 0 fully saturated rings. The van der Waals surface area contributed by atoms with Crippen molar-refractivity contribution in [1.82, 2.24) is 9.88 Å². The Morgan fingerprint density at radius 3 is 2.40 bits per heavy atom. The number of halogens is 3. The van der Waals surface area contributed by atoms with Crippen LogP contribution in [0.25, 0.3) is 0 Å². The van der Waals surface area contributed by atoms with Gasteiger partial charge in [-0.1, -0.05) is 0 Å². The lowest BCUT2D eigenvalue weighted by molar-refractivity contribution is 0.0779. The fourth-order valence-corrected chi connectivity index (χ4v) is 1.73. The molecule has 1 aromatic carbocycles. The van der Waals surface area contributed by atoms with E-state index in [1.165, 1.54) is 11.9 Å². The van der Waals surface area contributed by atoms with Gasteiger partial charge in [0.15, 0.2) is 17.5 Å². The zero-order valence-electron chi connectivity index (χ0n) is 10.6. The first-order valence-electron chi connectivity index (χ1n) is 5.78. The van der Waals surface area contributed by atoms with E-state index in [9.17, 15) is 18.0 Å². The largest absolute Gasteiger partial charge is 0.337 e. The summed E-state index contributed by atoms with van der Waals surface area (Å²) in [6.07, 6.45) is 3.12. The average molecular weight is 280 g/mol. The van der Waals surface area contributed by atoms with Crippen LogP contribution in [-0.2, 0) is 6.54 Å². The highest BCUT2D eigenvalue weighted by atomic mass is 19.2. The number of aromatic nitrogens is 1. The summed E-state index contributed by atoms with van der Waals surface area (Å²) in [5.41, 5.74) is 0.291. The van der Waals surface area contributed by atoms with Crippen LogP contribution in [0.1, 0.15) is 15.9 Å². The van der Waals surface area contributed by atoms with Gasteiger partial charge < -0.3 is 4.90 Å². The molecular weight excluding hydrogens is 269 g/mol. The predicted octanol–water partition coefficient (Wildman–Crippen LogP) is 2.77. The molecule has 1 amide bonds. The summed E-state index contributed by atoms with van der Waals surface area (Å²) in [6, 6.07) is 5.06. The van der Waals surface area contributed by atoms with Crippen LogP contribution in [0.3, 0.4) is 0 Å². The molecule has 20 heavy (non-hydrogen) atoms. The van der Waals surface area contributed by atoms with Crippen molar-refractivity contribution in [1.29, 1.82) is 0 Å². The summed E-state index contributed by atoms with van der Waals surface area (Å²) in [4.78, 5) is 17.1. The summed E-state index contributed by atoms with van der Waals surface area (Å²) < 4.78 is 39.5. The fourth-order valence-electron chi connectivity index (χ4n) is 1.73. The number of benzene rings is 1. The van der Waals surface area contributed by atoms with Crippen LogP contribution in [0.15, 0.2) is 36.7 Å². The third-order valence-electron chi connectivity index (χ3n) is 2.78. The van der Waals surface area contributed by atoms with E-state index in [2.05, 4.69) is 4.98 Å². The highest BCUT2D eigenvalue weighted by Crippen LogP contribution is 2.17. The molecule has 0 aliphatic heterocycles. The second-order valence-corrected chi connectivity index (χ2v) is 4.24. The molecule has 0 aliphatic carbocycles. The van der Waals surface area contributed by atoms with Crippen molar-refractivity contribution in [2.24, 2.45) is 0 Å². The van der Waals surface area contributed by atoms with Crippen LogP contribution >= 0.6 is 0 Å². The van der Waals surface area contributed by atoms with Gasteiger partial charge in [0.2, 0.25) is 0 Å². The Bertz CT molecular complexity index is 632. The van der Waals surface area contributed by atoms with Crippen LogP contribution in [0.5, 0.6) is 0 Å². The molecule has 3 nitrogen and oxygen atoms in total. The van der Waals surface area contributed by atoms with E-state index in [-0.39, 0.29) is 6.54 Å². The van der Waals surface area contributed by atoms with Crippen LogP contribution in [0.2, 0.25) is 0 Å². The lowest BCUT2D eigenvalue weighted by atomic mass is 10.1. The lowest BCUT2D eigenvalue weighted by Crippen LogP contribution is -2.27. The Kier molecular flexibility index (Phi) is 4.02. The smallest absolute Gasteiger partial charge is 0.256 e. The van der Waals surface area contributed by atoms with Gasteiger partial charge in [-0.25, -0.2) is 13.2 Å². The highest BCUT2D eigenvalue weighted by Gasteiger charge is 2.21. The van der Waals surface area contributed by atoms with Crippen LogP contribution in [-0.4, -0.2) is 22.8 Å². The van der Waals surface area contributed by atoms with Crippen molar-refractivity contribution >= 4 is 5.91 Å². The molecular formula is C14H11F3N2O. The van der Waals surface area contributed by atoms with E-state index < -0.39 is 28.9 Å². The van der Waals surface area contributed by atoms with E-state index >= 15 is 0 Å². The second kappa shape index (κ2) is 5.73. The molecule has 0 bridgehead atoms. The topological polar surface area (TPSA) is 33.2 Å². The number of hydrogen-bond acceptors (Lipinski definition) is 2. The van der Waals surface area contributed by atoms with E-state index in [4.69, 9.17) is 0 Å². The number of carbonyl (C=O) groups is 1. The SMILES string of the molecule is CN(Cc1ccncc1)C(=O)c1ccc(F)c(F)c1F.